The van der Waals surface area contributed by atoms with Crippen LogP contribution in [0.25, 0.3) is 0 Å². The Morgan fingerprint density at radius 3 is 1.34 bits per heavy atom. The number of likely N-dealkylation sites (N-methyl/N-ethyl adjacent to an activating group) is 3. The molecule has 0 aliphatic heterocycles. The first-order valence-electron chi connectivity index (χ1n) is 11.0. The van der Waals surface area contributed by atoms with Gasteiger partial charge in [-0.3, -0.25) is 0 Å². The van der Waals surface area contributed by atoms with E-state index >= 15 is 0 Å². The summed E-state index contributed by atoms with van der Waals surface area (Å²) in [5.74, 6) is 0. The van der Waals surface area contributed by atoms with Gasteiger partial charge in [-0.1, -0.05) is 0 Å². The molecule has 11 heteroatoms. The van der Waals surface area contributed by atoms with Crippen molar-refractivity contribution < 1.29 is 43.9 Å². The number of aliphatic hydroxyl groups excluding tert-OH is 4. The molecule has 0 bridgehead atoms. The van der Waals surface area contributed by atoms with E-state index in [1.54, 1.807) is 23.6 Å². The van der Waals surface area contributed by atoms with Gasteiger partial charge in [0.25, 0.3) is 0 Å². The summed E-state index contributed by atoms with van der Waals surface area (Å²) >= 11 is 0. The summed E-state index contributed by atoms with van der Waals surface area (Å²) < 4.78 is 23.0. The van der Waals surface area contributed by atoms with Crippen LogP contribution in [0.5, 0.6) is 0 Å². The van der Waals surface area contributed by atoms with Gasteiger partial charge in [-0.15, -0.1) is 0 Å². The van der Waals surface area contributed by atoms with Crippen LogP contribution in [-0.4, -0.2) is 173 Å². The fourth-order valence-electron chi connectivity index (χ4n) is 2.90. The summed E-state index contributed by atoms with van der Waals surface area (Å²) in [7, 11) is 7.33. The fourth-order valence-corrected chi connectivity index (χ4v) is 2.90. The van der Waals surface area contributed by atoms with E-state index in [9.17, 15) is 20.4 Å². The predicted octanol–water partition coefficient (Wildman–Crippen LogP) is -2.67. The summed E-state index contributed by atoms with van der Waals surface area (Å²) in [6.07, 6.45) is -2.52. The van der Waals surface area contributed by atoms with Crippen molar-refractivity contribution in [3.8, 4) is 0 Å². The van der Waals surface area contributed by atoms with Crippen molar-refractivity contribution in [2.24, 2.45) is 0 Å². The molecule has 0 rings (SSSR count). The molecule has 0 aromatic heterocycles. The van der Waals surface area contributed by atoms with Gasteiger partial charge in [0.1, 0.15) is 19.9 Å². The Kier molecular flexibility index (Phi) is 19.3. The van der Waals surface area contributed by atoms with Crippen LogP contribution in [-0.2, 0) is 18.9 Å². The third-order valence-corrected chi connectivity index (χ3v) is 4.13. The number of rotatable bonds is 22. The molecule has 4 unspecified atom stereocenters. The first kappa shape index (κ1) is 31.3. The van der Waals surface area contributed by atoms with Gasteiger partial charge >= 0.3 is 0 Å². The van der Waals surface area contributed by atoms with Crippen molar-refractivity contribution in [2.45, 2.75) is 24.4 Å². The molecule has 11 nitrogen and oxygen atoms in total. The lowest BCUT2D eigenvalue weighted by atomic mass is 10.3. The van der Waals surface area contributed by atoms with Crippen molar-refractivity contribution in [3.05, 3.63) is 0 Å². The van der Waals surface area contributed by atoms with E-state index in [-0.39, 0.29) is 26.4 Å². The maximum Gasteiger partial charge on any atom is 0.169 e. The monoisotopic (exact) mass is 468 g/mol. The first-order valence-corrected chi connectivity index (χ1v) is 11.0. The highest BCUT2D eigenvalue weighted by Gasteiger charge is 2.13. The van der Waals surface area contributed by atoms with E-state index in [1.807, 2.05) is 19.0 Å². The van der Waals surface area contributed by atoms with Gasteiger partial charge in [-0.25, -0.2) is 4.58 Å². The van der Waals surface area contributed by atoms with E-state index in [2.05, 4.69) is 6.72 Å². The minimum Gasteiger partial charge on any atom is -0.389 e. The standard InChI is InChI=1S/C21H46N3O8/c1-22(2)10-18(25)14-29-6-8-31-16-20(27)12-24(5)13-21(28)17-32-9-7-30-15-19(26)11-23(3)4/h18-21,25-28H,1,6-17H2,2-5H3/q+1. The Balaban J connectivity index is 3.63. The Morgan fingerprint density at radius 2 is 1.00 bits per heavy atom. The van der Waals surface area contributed by atoms with Gasteiger partial charge in [0.05, 0.1) is 71.2 Å². The Hall–Kier alpha value is -0.730. The van der Waals surface area contributed by atoms with Gasteiger partial charge < -0.3 is 49.2 Å². The highest BCUT2D eigenvalue weighted by molar-refractivity contribution is 5.14. The van der Waals surface area contributed by atoms with Crippen LogP contribution in [0.3, 0.4) is 0 Å². The topological polar surface area (TPSA) is 127 Å². The molecule has 0 aliphatic rings. The lowest BCUT2D eigenvalue weighted by molar-refractivity contribution is -0.499. The molecule has 0 aliphatic carbocycles. The van der Waals surface area contributed by atoms with E-state index in [0.29, 0.717) is 52.6 Å². The molecule has 0 heterocycles. The number of nitrogens with zero attached hydrogens (tertiary/aromatic N) is 3. The molecular formula is C21H46N3O8+. The zero-order valence-electron chi connectivity index (χ0n) is 20.3. The second-order valence-corrected chi connectivity index (χ2v) is 8.44. The maximum absolute atomic E-state index is 10.0. The van der Waals surface area contributed by atoms with Crippen LogP contribution in [0.2, 0.25) is 0 Å². The van der Waals surface area contributed by atoms with Crippen LogP contribution < -0.4 is 0 Å². The van der Waals surface area contributed by atoms with E-state index in [4.69, 9.17) is 18.9 Å². The second kappa shape index (κ2) is 19.7. The van der Waals surface area contributed by atoms with Crippen LogP contribution in [0, 0.1) is 0 Å². The van der Waals surface area contributed by atoms with Crippen LogP contribution in [0.4, 0.5) is 0 Å². The maximum atomic E-state index is 10.0. The molecule has 0 radical (unpaired) electrons. The van der Waals surface area contributed by atoms with Gasteiger partial charge in [0.2, 0.25) is 0 Å². The number of aliphatic hydroxyl groups is 4. The lowest BCUT2D eigenvalue weighted by Crippen LogP contribution is -2.38. The van der Waals surface area contributed by atoms with Gasteiger partial charge in [0, 0.05) is 19.6 Å². The molecule has 0 fully saturated rings. The first-order chi connectivity index (χ1) is 15.1. The molecule has 192 valence electrons. The van der Waals surface area contributed by atoms with Gasteiger partial charge in [-0.2, -0.15) is 0 Å². The molecule has 0 spiro atoms. The molecule has 4 atom stereocenters. The summed E-state index contributed by atoms with van der Waals surface area (Å²) in [6.45, 7) is 7.41. The van der Waals surface area contributed by atoms with Crippen LogP contribution in [0.15, 0.2) is 0 Å². The Labute approximate surface area is 192 Å². The zero-order valence-corrected chi connectivity index (χ0v) is 20.3. The van der Waals surface area contributed by atoms with Crippen LogP contribution >= 0.6 is 0 Å². The normalized spacial score (nSPS) is 15.8. The zero-order chi connectivity index (χ0) is 24.4. The third kappa shape index (κ3) is 21.1. The Morgan fingerprint density at radius 1 is 0.656 bits per heavy atom. The second-order valence-electron chi connectivity index (χ2n) is 8.44. The van der Waals surface area contributed by atoms with Crippen molar-refractivity contribution >= 4 is 6.72 Å². The third-order valence-electron chi connectivity index (χ3n) is 4.13. The molecule has 4 N–H and O–H groups in total. The molecular weight excluding hydrogens is 422 g/mol. The van der Waals surface area contributed by atoms with E-state index in [0.717, 1.165) is 0 Å². The number of ether oxygens (including phenoxy) is 4. The molecule has 0 amide bonds. The van der Waals surface area contributed by atoms with E-state index in [1.165, 1.54) is 0 Å². The van der Waals surface area contributed by atoms with Crippen molar-refractivity contribution in [1.29, 1.82) is 0 Å². The number of hydrogen-bond donors (Lipinski definition) is 4. The smallest absolute Gasteiger partial charge is 0.169 e. The summed E-state index contributed by atoms with van der Waals surface area (Å²) in [6, 6.07) is 0. The summed E-state index contributed by atoms with van der Waals surface area (Å²) in [5, 5.41) is 39.4. The van der Waals surface area contributed by atoms with Gasteiger partial charge in [0.15, 0.2) is 6.54 Å². The highest BCUT2D eigenvalue weighted by Crippen LogP contribution is 1.96. The molecule has 32 heavy (non-hydrogen) atoms. The largest absolute Gasteiger partial charge is 0.389 e. The fraction of sp³-hybridized carbons (Fsp3) is 0.952. The number of hydrogen-bond acceptors (Lipinski definition) is 10. The minimum atomic E-state index is -0.694. The van der Waals surface area contributed by atoms with Crippen molar-refractivity contribution in [2.75, 3.05) is 107 Å². The SMILES string of the molecule is C=[N+](C)CC(O)COCCOCC(O)CN(C)CC(O)COCCOCC(O)CN(C)C. The summed E-state index contributed by atoms with van der Waals surface area (Å²) in [4.78, 5) is 3.69. The highest BCUT2D eigenvalue weighted by atomic mass is 16.5. The van der Waals surface area contributed by atoms with Gasteiger partial charge in [-0.05, 0) is 21.1 Å². The summed E-state index contributed by atoms with van der Waals surface area (Å²) in [5.41, 5.74) is 0. The predicted molar refractivity (Wildman–Crippen MR) is 122 cm³/mol. The average Bonchev–Trinajstić information content (AvgIpc) is 2.65. The molecule has 0 saturated heterocycles. The van der Waals surface area contributed by atoms with Crippen LogP contribution in [0.1, 0.15) is 0 Å². The minimum absolute atomic E-state index is 0.154. The Bertz CT molecular complexity index is 459. The average molecular weight is 469 g/mol. The quantitative estimate of drug-likeness (QED) is 0.0759. The van der Waals surface area contributed by atoms with E-state index < -0.39 is 24.4 Å². The molecule has 0 aromatic carbocycles. The van der Waals surface area contributed by atoms with Crippen molar-refractivity contribution in [1.82, 2.24) is 9.80 Å². The lowest BCUT2D eigenvalue weighted by Gasteiger charge is -2.23. The molecule has 0 aromatic rings. The van der Waals surface area contributed by atoms with Crippen molar-refractivity contribution in [3.63, 3.8) is 0 Å². The molecule has 0 saturated carbocycles.